The van der Waals surface area contributed by atoms with Crippen molar-refractivity contribution >= 4 is 21.6 Å². The predicted octanol–water partition coefficient (Wildman–Crippen LogP) is 2.85. The van der Waals surface area contributed by atoms with E-state index in [4.69, 9.17) is 4.74 Å². The molecule has 2 aromatic rings. The number of rotatable bonds is 7. The molecule has 1 aromatic carbocycles. The standard InChI is InChI=1S/C14H20N2OS/c1-3-8-15-11(10-17-2)9-14-16-12-6-4-5-7-13(12)18-14/h4-7,11,15H,3,8-10H2,1-2H3. The summed E-state index contributed by atoms with van der Waals surface area (Å²) >= 11 is 1.78. The van der Waals surface area contributed by atoms with Crippen molar-refractivity contribution in [3.05, 3.63) is 29.3 Å². The first kappa shape index (κ1) is 13.5. The first-order valence-corrected chi connectivity index (χ1v) is 7.22. The highest BCUT2D eigenvalue weighted by Crippen LogP contribution is 2.22. The molecule has 0 amide bonds. The van der Waals surface area contributed by atoms with Crippen molar-refractivity contribution in [3.63, 3.8) is 0 Å². The Morgan fingerprint density at radius 3 is 2.94 bits per heavy atom. The normalized spacial score (nSPS) is 13.0. The van der Waals surface area contributed by atoms with E-state index in [0.29, 0.717) is 6.04 Å². The molecule has 0 saturated heterocycles. The summed E-state index contributed by atoms with van der Waals surface area (Å²) in [5.41, 5.74) is 1.10. The van der Waals surface area contributed by atoms with Crippen molar-refractivity contribution in [1.29, 1.82) is 0 Å². The van der Waals surface area contributed by atoms with Crippen LogP contribution in [-0.2, 0) is 11.2 Å². The minimum absolute atomic E-state index is 0.357. The molecule has 0 fully saturated rings. The molecule has 1 atom stereocenters. The molecule has 2 rings (SSSR count). The maximum absolute atomic E-state index is 5.26. The highest BCUT2D eigenvalue weighted by molar-refractivity contribution is 7.18. The van der Waals surface area contributed by atoms with Gasteiger partial charge in [0.25, 0.3) is 0 Å². The lowest BCUT2D eigenvalue weighted by Crippen LogP contribution is -2.35. The van der Waals surface area contributed by atoms with Gasteiger partial charge in [-0.05, 0) is 25.1 Å². The van der Waals surface area contributed by atoms with E-state index in [9.17, 15) is 0 Å². The number of fused-ring (bicyclic) bond motifs is 1. The van der Waals surface area contributed by atoms with Gasteiger partial charge in [0.1, 0.15) is 0 Å². The fourth-order valence-electron chi connectivity index (χ4n) is 1.96. The van der Waals surface area contributed by atoms with Crippen LogP contribution in [0.1, 0.15) is 18.4 Å². The average Bonchev–Trinajstić information content (AvgIpc) is 2.78. The zero-order valence-electron chi connectivity index (χ0n) is 11.0. The molecule has 98 valence electrons. The van der Waals surface area contributed by atoms with Crippen LogP contribution < -0.4 is 5.32 Å². The first-order chi connectivity index (χ1) is 8.83. The average molecular weight is 264 g/mol. The molecule has 0 bridgehead atoms. The smallest absolute Gasteiger partial charge is 0.0955 e. The van der Waals surface area contributed by atoms with Crippen molar-refractivity contribution in [3.8, 4) is 0 Å². The molecule has 3 nitrogen and oxygen atoms in total. The van der Waals surface area contributed by atoms with Gasteiger partial charge >= 0.3 is 0 Å². The lowest BCUT2D eigenvalue weighted by molar-refractivity contribution is 0.166. The van der Waals surface area contributed by atoms with Crippen LogP contribution in [0.4, 0.5) is 0 Å². The van der Waals surface area contributed by atoms with Crippen molar-refractivity contribution < 1.29 is 4.74 Å². The minimum Gasteiger partial charge on any atom is -0.383 e. The zero-order valence-corrected chi connectivity index (χ0v) is 11.8. The van der Waals surface area contributed by atoms with Crippen LogP contribution in [0.3, 0.4) is 0 Å². The summed E-state index contributed by atoms with van der Waals surface area (Å²) in [6.07, 6.45) is 2.08. The van der Waals surface area contributed by atoms with E-state index in [2.05, 4.69) is 35.4 Å². The minimum atomic E-state index is 0.357. The van der Waals surface area contributed by atoms with E-state index >= 15 is 0 Å². The zero-order chi connectivity index (χ0) is 12.8. The molecule has 0 spiro atoms. The molecule has 0 aliphatic rings. The molecular weight excluding hydrogens is 244 g/mol. The Morgan fingerprint density at radius 2 is 2.22 bits per heavy atom. The molecular formula is C14H20N2OS. The SMILES string of the molecule is CCCNC(COC)Cc1nc2ccccc2s1. The van der Waals surface area contributed by atoms with Crippen molar-refractivity contribution in [2.45, 2.75) is 25.8 Å². The Morgan fingerprint density at radius 1 is 1.39 bits per heavy atom. The van der Waals surface area contributed by atoms with Crippen LogP contribution in [0.2, 0.25) is 0 Å². The van der Waals surface area contributed by atoms with Gasteiger partial charge in [0.05, 0.1) is 21.8 Å². The first-order valence-electron chi connectivity index (χ1n) is 6.40. The number of benzene rings is 1. The van der Waals surface area contributed by atoms with Crippen LogP contribution in [0, 0.1) is 0 Å². The number of hydrogen-bond donors (Lipinski definition) is 1. The topological polar surface area (TPSA) is 34.1 Å². The molecule has 1 heterocycles. The molecule has 1 unspecified atom stereocenters. The van der Waals surface area contributed by atoms with Crippen LogP contribution in [0.5, 0.6) is 0 Å². The Labute approximate surface area is 112 Å². The van der Waals surface area contributed by atoms with E-state index in [-0.39, 0.29) is 0 Å². The fraction of sp³-hybridized carbons (Fsp3) is 0.500. The largest absolute Gasteiger partial charge is 0.383 e. The van der Waals surface area contributed by atoms with Crippen molar-refractivity contribution in [1.82, 2.24) is 10.3 Å². The summed E-state index contributed by atoms with van der Waals surface area (Å²) in [6.45, 7) is 3.93. The van der Waals surface area contributed by atoms with E-state index < -0.39 is 0 Å². The third-order valence-electron chi connectivity index (χ3n) is 2.81. The lowest BCUT2D eigenvalue weighted by atomic mass is 10.2. The number of para-hydroxylation sites is 1. The summed E-state index contributed by atoms with van der Waals surface area (Å²) < 4.78 is 6.52. The van der Waals surface area contributed by atoms with Gasteiger partial charge in [-0.15, -0.1) is 11.3 Å². The summed E-state index contributed by atoms with van der Waals surface area (Å²) in [5.74, 6) is 0. The lowest BCUT2D eigenvalue weighted by Gasteiger charge is -2.15. The van der Waals surface area contributed by atoms with Gasteiger partial charge in [0.15, 0.2) is 0 Å². The summed E-state index contributed by atoms with van der Waals surface area (Å²) in [7, 11) is 1.75. The molecule has 18 heavy (non-hydrogen) atoms. The van der Waals surface area contributed by atoms with Gasteiger partial charge in [0.2, 0.25) is 0 Å². The van der Waals surface area contributed by atoms with Gasteiger partial charge < -0.3 is 10.1 Å². The van der Waals surface area contributed by atoms with Gasteiger partial charge in [0, 0.05) is 19.6 Å². The summed E-state index contributed by atoms with van der Waals surface area (Å²) in [4.78, 5) is 4.67. The quantitative estimate of drug-likeness (QED) is 0.835. The fourth-order valence-corrected chi connectivity index (χ4v) is 3.00. The number of nitrogens with one attached hydrogen (secondary N) is 1. The number of aromatic nitrogens is 1. The van der Waals surface area contributed by atoms with Crippen LogP contribution >= 0.6 is 11.3 Å². The number of thiazole rings is 1. The summed E-state index contributed by atoms with van der Waals surface area (Å²) in [6, 6.07) is 8.65. The van der Waals surface area contributed by atoms with E-state index in [1.807, 2.05) is 6.07 Å². The van der Waals surface area contributed by atoms with E-state index in [0.717, 1.165) is 31.5 Å². The molecule has 0 radical (unpaired) electrons. The maximum Gasteiger partial charge on any atom is 0.0955 e. The van der Waals surface area contributed by atoms with E-state index in [1.54, 1.807) is 18.4 Å². The van der Waals surface area contributed by atoms with E-state index in [1.165, 1.54) is 9.71 Å². The van der Waals surface area contributed by atoms with Crippen LogP contribution in [0.25, 0.3) is 10.2 Å². The number of ether oxygens (including phenoxy) is 1. The third-order valence-corrected chi connectivity index (χ3v) is 3.87. The Kier molecular flexibility index (Phi) is 5.11. The highest BCUT2D eigenvalue weighted by atomic mass is 32.1. The number of methoxy groups -OCH3 is 1. The molecule has 1 aromatic heterocycles. The second kappa shape index (κ2) is 6.83. The van der Waals surface area contributed by atoms with Gasteiger partial charge in [-0.2, -0.15) is 0 Å². The second-order valence-electron chi connectivity index (χ2n) is 4.39. The van der Waals surface area contributed by atoms with Crippen molar-refractivity contribution in [2.24, 2.45) is 0 Å². The Balaban J connectivity index is 2.05. The van der Waals surface area contributed by atoms with Crippen LogP contribution in [-0.4, -0.2) is 31.3 Å². The predicted molar refractivity (Wildman–Crippen MR) is 77.3 cm³/mol. The third kappa shape index (κ3) is 3.51. The Bertz CT molecular complexity index is 450. The maximum atomic E-state index is 5.26. The number of nitrogens with zero attached hydrogens (tertiary/aromatic N) is 1. The van der Waals surface area contributed by atoms with Gasteiger partial charge in [-0.3, -0.25) is 0 Å². The molecule has 4 heteroatoms. The monoisotopic (exact) mass is 264 g/mol. The summed E-state index contributed by atoms with van der Waals surface area (Å²) in [5, 5.41) is 4.69. The Hall–Kier alpha value is -0.970. The molecule has 1 N–H and O–H groups in total. The van der Waals surface area contributed by atoms with Crippen LogP contribution in [0.15, 0.2) is 24.3 Å². The van der Waals surface area contributed by atoms with Gasteiger partial charge in [-0.1, -0.05) is 19.1 Å². The van der Waals surface area contributed by atoms with Crippen molar-refractivity contribution in [2.75, 3.05) is 20.3 Å². The molecule has 0 aliphatic carbocycles. The van der Waals surface area contributed by atoms with Gasteiger partial charge in [-0.25, -0.2) is 4.98 Å². The second-order valence-corrected chi connectivity index (χ2v) is 5.50. The highest BCUT2D eigenvalue weighted by Gasteiger charge is 2.11. The number of hydrogen-bond acceptors (Lipinski definition) is 4. The molecule has 0 aliphatic heterocycles. The molecule has 0 saturated carbocycles.